The average Bonchev–Trinajstić information content (AvgIpc) is 2.45. The topological polar surface area (TPSA) is 44.4 Å². The van der Waals surface area contributed by atoms with Crippen LogP contribution in [0.1, 0.15) is 25.7 Å². The van der Waals surface area contributed by atoms with Crippen molar-refractivity contribution in [3.05, 3.63) is 30.1 Å². The van der Waals surface area contributed by atoms with E-state index in [9.17, 15) is 9.18 Å². The number of carbonyl (C=O) groups is 1. The largest absolute Gasteiger partial charge is 0.322 e. The van der Waals surface area contributed by atoms with Crippen molar-refractivity contribution in [2.24, 2.45) is 0 Å². The van der Waals surface area contributed by atoms with Gasteiger partial charge < -0.3 is 15.5 Å². The van der Waals surface area contributed by atoms with Gasteiger partial charge in [0.2, 0.25) is 0 Å². The molecule has 0 bridgehead atoms. The van der Waals surface area contributed by atoms with Crippen molar-refractivity contribution in [2.45, 2.75) is 31.7 Å². The van der Waals surface area contributed by atoms with Crippen LogP contribution in [0.5, 0.6) is 0 Å². The standard InChI is InChI=1S/C15H22FN3O/c1-17-9-8-14-7-2-3-10-19(14)15(20)18-13-6-4-5-12(16)11-13/h4-6,11,14,17H,2-3,7-10H2,1H3,(H,18,20). The second-order valence-corrected chi connectivity index (χ2v) is 5.18. The molecule has 1 saturated heterocycles. The maximum atomic E-state index is 13.1. The molecule has 1 aliphatic rings. The van der Waals surface area contributed by atoms with E-state index in [4.69, 9.17) is 0 Å². The molecule has 0 saturated carbocycles. The number of hydrogen-bond donors (Lipinski definition) is 2. The summed E-state index contributed by atoms with van der Waals surface area (Å²) < 4.78 is 13.1. The van der Waals surface area contributed by atoms with Gasteiger partial charge in [-0.1, -0.05) is 6.07 Å². The molecular formula is C15H22FN3O. The van der Waals surface area contributed by atoms with Gasteiger partial charge >= 0.3 is 6.03 Å². The van der Waals surface area contributed by atoms with E-state index in [2.05, 4.69) is 10.6 Å². The molecule has 1 aromatic rings. The van der Waals surface area contributed by atoms with Crippen LogP contribution in [-0.2, 0) is 0 Å². The van der Waals surface area contributed by atoms with E-state index in [1.807, 2.05) is 11.9 Å². The van der Waals surface area contributed by atoms with Crippen molar-refractivity contribution < 1.29 is 9.18 Å². The first-order valence-corrected chi connectivity index (χ1v) is 7.18. The minimum Gasteiger partial charge on any atom is -0.322 e. The lowest BCUT2D eigenvalue weighted by atomic mass is 10.00. The number of nitrogens with zero attached hydrogens (tertiary/aromatic N) is 1. The Kier molecular flexibility index (Phi) is 5.35. The summed E-state index contributed by atoms with van der Waals surface area (Å²) in [6.07, 6.45) is 4.19. The summed E-state index contributed by atoms with van der Waals surface area (Å²) in [5.41, 5.74) is 0.507. The monoisotopic (exact) mass is 279 g/mol. The van der Waals surface area contributed by atoms with Gasteiger partial charge in [0.05, 0.1) is 0 Å². The predicted octanol–water partition coefficient (Wildman–Crippen LogP) is 2.82. The Morgan fingerprint density at radius 2 is 2.30 bits per heavy atom. The number of halogens is 1. The van der Waals surface area contributed by atoms with Crippen LogP contribution < -0.4 is 10.6 Å². The lowest BCUT2D eigenvalue weighted by Crippen LogP contribution is -2.46. The zero-order valence-corrected chi connectivity index (χ0v) is 11.9. The first-order valence-electron chi connectivity index (χ1n) is 7.18. The number of benzene rings is 1. The fraction of sp³-hybridized carbons (Fsp3) is 0.533. The molecule has 1 fully saturated rings. The summed E-state index contributed by atoms with van der Waals surface area (Å²) in [5, 5.41) is 5.91. The van der Waals surface area contributed by atoms with Gasteiger partial charge in [-0.2, -0.15) is 0 Å². The van der Waals surface area contributed by atoms with Crippen molar-refractivity contribution in [3.8, 4) is 0 Å². The quantitative estimate of drug-likeness (QED) is 0.890. The summed E-state index contributed by atoms with van der Waals surface area (Å²) in [6.45, 7) is 1.67. The molecule has 0 aromatic heterocycles. The highest BCUT2D eigenvalue weighted by Crippen LogP contribution is 2.21. The van der Waals surface area contributed by atoms with Gasteiger partial charge in [0.25, 0.3) is 0 Å². The van der Waals surface area contributed by atoms with Gasteiger partial charge in [-0.05, 0) is 57.5 Å². The summed E-state index contributed by atoms with van der Waals surface area (Å²) in [7, 11) is 1.92. The van der Waals surface area contributed by atoms with Crippen molar-refractivity contribution in [1.29, 1.82) is 0 Å². The van der Waals surface area contributed by atoms with Crippen LogP contribution in [-0.4, -0.2) is 37.1 Å². The van der Waals surface area contributed by atoms with Crippen molar-refractivity contribution >= 4 is 11.7 Å². The highest BCUT2D eigenvalue weighted by atomic mass is 19.1. The molecule has 5 heteroatoms. The van der Waals surface area contributed by atoms with E-state index in [0.717, 1.165) is 38.8 Å². The molecule has 110 valence electrons. The first-order chi connectivity index (χ1) is 9.70. The van der Waals surface area contributed by atoms with Gasteiger partial charge in [-0.25, -0.2) is 9.18 Å². The number of hydrogen-bond acceptors (Lipinski definition) is 2. The molecule has 1 heterocycles. The molecule has 2 N–H and O–H groups in total. The van der Waals surface area contributed by atoms with Crippen LogP contribution in [0.15, 0.2) is 24.3 Å². The molecular weight excluding hydrogens is 257 g/mol. The van der Waals surface area contributed by atoms with Gasteiger partial charge in [0.1, 0.15) is 5.82 Å². The third-order valence-electron chi connectivity index (χ3n) is 3.69. The molecule has 1 unspecified atom stereocenters. The van der Waals surface area contributed by atoms with E-state index < -0.39 is 0 Å². The van der Waals surface area contributed by atoms with Crippen molar-refractivity contribution in [3.63, 3.8) is 0 Å². The fourth-order valence-corrected chi connectivity index (χ4v) is 2.64. The van der Waals surface area contributed by atoms with Crippen LogP contribution in [0.3, 0.4) is 0 Å². The Hall–Kier alpha value is -1.62. The Labute approximate surface area is 119 Å². The van der Waals surface area contributed by atoms with Crippen LogP contribution in [0, 0.1) is 5.82 Å². The average molecular weight is 279 g/mol. The Morgan fingerprint density at radius 1 is 1.45 bits per heavy atom. The number of likely N-dealkylation sites (tertiary alicyclic amines) is 1. The van der Waals surface area contributed by atoms with E-state index >= 15 is 0 Å². The number of piperidine rings is 1. The van der Waals surface area contributed by atoms with Gasteiger partial charge in [-0.15, -0.1) is 0 Å². The Morgan fingerprint density at radius 3 is 3.05 bits per heavy atom. The molecule has 20 heavy (non-hydrogen) atoms. The maximum Gasteiger partial charge on any atom is 0.322 e. The summed E-state index contributed by atoms with van der Waals surface area (Å²) in [5.74, 6) is -0.340. The molecule has 0 aliphatic carbocycles. The van der Waals surface area contributed by atoms with Gasteiger partial charge in [0.15, 0.2) is 0 Å². The lowest BCUT2D eigenvalue weighted by Gasteiger charge is -2.35. The Balaban J connectivity index is 1.98. The second-order valence-electron chi connectivity index (χ2n) is 5.18. The van der Waals surface area contributed by atoms with Crippen LogP contribution in [0.4, 0.5) is 14.9 Å². The third-order valence-corrected chi connectivity index (χ3v) is 3.69. The zero-order chi connectivity index (χ0) is 14.4. The number of anilines is 1. The minimum absolute atomic E-state index is 0.128. The number of rotatable bonds is 4. The molecule has 1 atom stereocenters. The Bertz CT molecular complexity index is 452. The molecule has 1 aromatic carbocycles. The normalized spacial score (nSPS) is 18.9. The predicted molar refractivity (Wildman–Crippen MR) is 78.3 cm³/mol. The third kappa shape index (κ3) is 3.93. The molecule has 1 aliphatic heterocycles. The highest BCUT2D eigenvalue weighted by molar-refractivity contribution is 5.89. The SMILES string of the molecule is CNCCC1CCCCN1C(=O)Nc1cccc(F)c1. The summed E-state index contributed by atoms with van der Waals surface area (Å²) in [4.78, 5) is 14.2. The molecule has 0 spiro atoms. The van der Waals surface area contributed by atoms with Crippen LogP contribution >= 0.6 is 0 Å². The van der Waals surface area contributed by atoms with E-state index in [1.165, 1.54) is 12.1 Å². The number of amides is 2. The smallest absolute Gasteiger partial charge is 0.322 e. The summed E-state index contributed by atoms with van der Waals surface area (Å²) in [6, 6.07) is 6.14. The molecule has 0 radical (unpaired) electrons. The minimum atomic E-state index is -0.340. The fourth-order valence-electron chi connectivity index (χ4n) is 2.64. The molecule has 2 rings (SSSR count). The highest BCUT2D eigenvalue weighted by Gasteiger charge is 2.26. The summed E-state index contributed by atoms with van der Waals surface area (Å²) >= 11 is 0. The number of nitrogens with one attached hydrogen (secondary N) is 2. The number of urea groups is 1. The van der Waals surface area contributed by atoms with Gasteiger partial charge in [0, 0.05) is 18.3 Å². The molecule has 4 nitrogen and oxygen atoms in total. The van der Waals surface area contributed by atoms with E-state index in [-0.39, 0.29) is 17.9 Å². The zero-order valence-electron chi connectivity index (χ0n) is 11.9. The van der Waals surface area contributed by atoms with Crippen LogP contribution in [0.2, 0.25) is 0 Å². The lowest BCUT2D eigenvalue weighted by molar-refractivity contribution is 0.158. The van der Waals surface area contributed by atoms with Crippen molar-refractivity contribution in [1.82, 2.24) is 10.2 Å². The maximum absolute atomic E-state index is 13.1. The first kappa shape index (κ1) is 14.8. The van der Waals surface area contributed by atoms with Gasteiger partial charge in [-0.3, -0.25) is 0 Å². The number of carbonyl (C=O) groups excluding carboxylic acids is 1. The van der Waals surface area contributed by atoms with E-state index in [0.29, 0.717) is 5.69 Å². The second kappa shape index (κ2) is 7.24. The van der Waals surface area contributed by atoms with Crippen molar-refractivity contribution in [2.75, 3.05) is 25.5 Å². The van der Waals surface area contributed by atoms with E-state index in [1.54, 1.807) is 12.1 Å². The van der Waals surface area contributed by atoms with Crippen LogP contribution in [0.25, 0.3) is 0 Å². The molecule has 2 amide bonds.